The highest BCUT2D eigenvalue weighted by atomic mass is 35.5. The van der Waals surface area contributed by atoms with Gasteiger partial charge in [-0.1, -0.05) is 18.2 Å². The van der Waals surface area contributed by atoms with Crippen LogP contribution in [0.1, 0.15) is 30.1 Å². The first-order valence-electron chi connectivity index (χ1n) is 7.02. The molecule has 1 atom stereocenters. The molecule has 1 aromatic carbocycles. The lowest BCUT2D eigenvalue weighted by Gasteiger charge is -2.10. The largest absolute Gasteiger partial charge is 0.465 e. The van der Waals surface area contributed by atoms with Gasteiger partial charge in [-0.25, -0.2) is 9.59 Å². The molecular formula is C15H21ClN2O5. The first-order chi connectivity index (χ1) is 10.5. The minimum absolute atomic E-state index is 0. The Bertz CT molecular complexity index is 510. The van der Waals surface area contributed by atoms with Crippen molar-refractivity contribution < 1.29 is 23.9 Å². The monoisotopic (exact) mass is 344 g/mol. The molecule has 0 bridgehead atoms. The van der Waals surface area contributed by atoms with E-state index in [1.54, 1.807) is 37.3 Å². The maximum absolute atomic E-state index is 11.6. The molecule has 3 N–H and O–H groups in total. The molecule has 7 nitrogen and oxygen atoms in total. The van der Waals surface area contributed by atoms with Crippen LogP contribution in [0.2, 0.25) is 0 Å². The smallest absolute Gasteiger partial charge is 0.415 e. The summed E-state index contributed by atoms with van der Waals surface area (Å²) in [6, 6.07) is 7.48. The topological polar surface area (TPSA) is 108 Å². The third-order valence-corrected chi connectivity index (χ3v) is 2.75. The molecule has 0 aliphatic carbocycles. The highest BCUT2D eigenvalue weighted by Crippen LogP contribution is 2.01. The molecule has 0 aliphatic rings. The maximum Gasteiger partial charge on any atom is 0.415 e. The zero-order chi connectivity index (χ0) is 16.4. The molecule has 0 saturated carbocycles. The van der Waals surface area contributed by atoms with Crippen LogP contribution in [-0.2, 0) is 14.3 Å². The van der Waals surface area contributed by atoms with Gasteiger partial charge in [-0.2, -0.15) is 0 Å². The number of carbonyl (C=O) groups is 3. The highest BCUT2D eigenvalue weighted by Gasteiger charge is 2.15. The van der Waals surface area contributed by atoms with E-state index in [4.69, 9.17) is 10.5 Å². The summed E-state index contributed by atoms with van der Waals surface area (Å²) >= 11 is 0. The Balaban J connectivity index is 0.00000484. The number of nitrogens with two attached hydrogens (primary N) is 1. The Morgan fingerprint density at radius 3 is 2.48 bits per heavy atom. The van der Waals surface area contributed by atoms with Crippen LogP contribution in [0.15, 0.2) is 30.3 Å². The van der Waals surface area contributed by atoms with E-state index in [2.05, 4.69) is 10.1 Å². The molecule has 0 radical (unpaired) electrons. The summed E-state index contributed by atoms with van der Waals surface area (Å²) in [5.41, 5.74) is 5.90. The van der Waals surface area contributed by atoms with Gasteiger partial charge in [-0.05, 0) is 31.9 Å². The third kappa shape index (κ3) is 8.18. The molecule has 0 aliphatic heterocycles. The second kappa shape index (κ2) is 11.4. The van der Waals surface area contributed by atoms with Gasteiger partial charge in [0, 0.05) is 6.54 Å². The third-order valence-electron chi connectivity index (χ3n) is 2.75. The molecule has 0 fully saturated rings. The van der Waals surface area contributed by atoms with Gasteiger partial charge in [0.2, 0.25) is 0 Å². The van der Waals surface area contributed by atoms with Crippen LogP contribution in [0, 0.1) is 0 Å². The van der Waals surface area contributed by atoms with Gasteiger partial charge in [0.05, 0.1) is 12.2 Å². The minimum Gasteiger partial charge on any atom is -0.465 e. The molecule has 128 valence electrons. The van der Waals surface area contributed by atoms with Gasteiger partial charge >= 0.3 is 18.0 Å². The summed E-state index contributed by atoms with van der Waals surface area (Å²) in [6.45, 7) is 2.22. The lowest BCUT2D eigenvalue weighted by atomic mass is 10.2. The number of rotatable bonds is 7. The first kappa shape index (κ1) is 20.9. The van der Waals surface area contributed by atoms with Gasteiger partial charge in [0.15, 0.2) is 0 Å². The lowest BCUT2D eigenvalue weighted by molar-refractivity contribution is -0.144. The molecule has 1 aromatic rings. The van der Waals surface area contributed by atoms with Crippen molar-refractivity contribution in [3.8, 4) is 0 Å². The van der Waals surface area contributed by atoms with Crippen LogP contribution in [0.3, 0.4) is 0 Å². The van der Waals surface area contributed by atoms with Crippen LogP contribution in [0.25, 0.3) is 0 Å². The number of halogens is 1. The van der Waals surface area contributed by atoms with Crippen LogP contribution in [0.4, 0.5) is 4.79 Å². The normalized spacial score (nSPS) is 10.9. The molecule has 0 spiro atoms. The Kier molecular flexibility index (Phi) is 10.4. The van der Waals surface area contributed by atoms with Gasteiger partial charge < -0.3 is 20.5 Å². The Labute approximate surface area is 140 Å². The van der Waals surface area contributed by atoms with E-state index in [0.717, 1.165) is 0 Å². The van der Waals surface area contributed by atoms with Gasteiger partial charge in [-0.15, -0.1) is 12.4 Å². The summed E-state index contributed by atoms with van der Waals surface area (Å²) in [6.07, 6.45) is -0.000983. The average Bonchev–Trinajstić information content (AvgIpc) is 2.52. The van der Waals surface area contributed by atoms with E-state index < -0.39 is 24.1 Å². The van der Waals surface area contributed by atoms with E-state index in [1.165, 1.54) is 0 Å². The zero-order valence-electron chi connectivity index (χ0n) is 12.8. The Hall–Kier alpha value is -2.12. The van der Waals surface area contributed by atoms with Crippen molar-refractivity contribution in [1.29, 1.82) is 0 Å². The molecule has 23 heavy (non-hydrogen) atoms. The number of amides is 1. The van der Waals surface area contributed by atoms with Crippen LogP contribution >= 0.6 is 12.4 Å². The first-order valence-corrected chi connectivity index (χ1v) is 7.02. The summed E-state index contributed by atoms with van der Waals surface area (Å²) in [4.78, 5) is 34.3. The molecular weight excluding hydrogens is 324 g/mol. The molecule has 8 heteroatoms. The fraction of sp³-hybridized carbons (Fsp3) is 0.400. The molecule has 0 aromatic heterocycles. The maximum atomic E-state index is 11.6. The average molecular weight is 345 g/mol. The van der Waals surface area contributed by atoms with E-state index >= 15 is 0 Å². The number of esters is 2. The minimum atomic E-state index is -0.835. The van der Waals surface area contributed by atoms with Crippen LogP contribution in [0.5, 0.6) is 0 Å². The molecule has 0 unspecified atom stereocenters. The van der Waals surface area contributed by atoms with Crippen LogP contribution < -0.4 is 11.1 Å². The highest BCUT2D eigenvalue weighted by molar-refractivity contribution is 5.96. The SMILES string of the molecule is CCOC(=O)[C@H](N)CCCNC(=O)OC(=O)c1ccccc1.Cl. The van der Waals surface area contributed by atoms with Crippen molar-refractivity contribution in [1.82, 2.24) is 5.32 Å². The van der Waals surface area contributed by atoms with Crippen molar-refractivity contribution >= 4 is 30.4 Å². The summed E-state index contributed by atoms with van der Waals surface area (Å²) < 4.78 is 9.38. The van der Waals surface area contributed by atoms with Gasteiger partial charge in [0.1, 0.15) is 6.04 Å². The number of carbonyl (C=O) groups excluding carboxylic acids is 3. The number of nitrogens with one attached hydrogen (secondary N) is 1. The van der Waals surface area contributed by atoms with Crippen molar-refractivity contribution in [2.75, 3.05) is 13.2 Å². The van der Waals surface area contributed by atoms with Crippen molar-refractivity contribution in [3.05, 3.63) is 35.9 Å². The van der Waals surface area contributed by atoms with Crippen molar-refractivity contribution in [2.45, 2.75) is 25.8 Å². The number of benzene rings is 1. The Morgan fingerprint density at radius 1 is 1.22 bits per heavy atom. The second-order valence-corrected chi connectivity index (χ2v) is 4.47. The molecule has 1 rings (SSSR count). The van der Waals surface area contributed by atoms with E-state index in [1.807, 2.05) is 0 Å². The fourth-order valence-corrected chi connectivity index (χ4v) is 1.63. The number of hydrogen-bond donors (Lipinski definition) is 2. The summed E-state index contributed by atoms with van der Waals surface area (Å²) in [5.74, 6) is -1.19. The second-order valence-electron chi connectivity index (χ2n) is 4.47. The fourth-order valence-electron chi connectivity index (χ4n) is 1.63. The quantitative estimate of drug-likeness (QED) is 0.442. The van der Waals surface area contributed by atoms with E-state index in [0.29, 0.717) is 18.4 Å². The predicted octanol–water partition coefficient (Wildman–Crippen LogP) is 1.65. The standard InChI is InChI=1S/C15H20N2O5.ClH/c1-2-21-14(19)12(16)9-6-10-17-15(20)22-13(18)11-7-4-3-5-8-11;/h3-5,7-8,12H,2,6,9-10,16H2,1H3,(H,17,20);1H/t12-;/m1./s1. The molecule has 0 heterocycles. The Morgan fingerprint density at radius 2 is 1.87 bits per heavy atom. The molecule has 0 saturated heterocycles. The summed E-state index contributed by atoms with van der Waals surface area (Å²) in [5, 5.41) is 2.42. The van der Waals surface area contributed by atoms with E-state index in [-0.39, 0.29) is 25.6 Å². The van der Waals surface area contributed by atoms with E-state index in [9.17, 15) is 14.4 Å². The number of hydrogen-bond acceptors (Lipinski definition) is 6. The number of ether oxygens (including phenoxy) is 2. The predicted molar refractivity (Wildman–Crippen MR) is 86.3 cm³/mol. The van der Waals surface area contributed by atoms with Crippen molar-refractivity contribution in [2.24, 2.45) is 5.73 Å². The summed E-state index contributed by atoms with van der Waals surface area (Å²) in [7, 11) is 0. The van der Waals surface area contributed by atoms with Crippen molar-refractivity contribution in [3.63, 3.8) is 0 Å². The lowest BCUT2D eigenvalue weighted by Crippen LogP contribution is -2.34. The van der Waals surface area contributed by atoms with Gasteiger partial charge in [-0.3, -0.25) is 4.79 Å². The number of alkyl carbamates (subject to hydrolysis) is 1. The van der Waals surface area contributed by atoms with Crippen LogP contribution in [-0.4, -0.2) is 37.2 Å². The molecule has 1 amide bonds. The van der Waals surface area contributed by atoms with Gasteiger partial charge in [0.25, 0.3) is 0 Å². The zero-order valence-corrected chi connectivity index (χ0v) is 13.6.